The number of amides is 1. The van der Waals surface area contributed by atoms with E-state index in [2.05, 4.69) is 25.7 Å². The molecule has 1 aliphatic rings. The van der Waals surface area contributed by atoms with E-state index in [4.69, 9.17) is 0 Å². The van der Waals surface area contributed by atoms with Gasteiger partial charge >= 0.3 is 0 Å². The molecule has 0 spiro atoms. The molecule has 0 aliphatic heterocycles. The van der Waals surface area contributed by atoms with E-state index in [-0.39, 0.29) is 5.91 Å². The monoisotopic (exact) mass is 370 g/mol. The Balaban J connectivity index is 1.53. The molecule has 28 heavy (non-hydrogen) atoms. The number of aromatic nitrogens is 4. The zero-order valence-electron chi connectivity index (χ0n) is 15.0. The van der Waals surface area contributed by atoms with E-state index in [1.165, 1.54) is 6.20 Å². The minimum Gasteiger partial charge on any atom is -0.366 e. The second kappa shape index (κ2) is 8.13. The summed E-state index contributed by atoms with van der Waals surface area (Å²) >= 11 is 0. The summed E-state index contributed by atoms with van der Waals surface area (Å²) in [4.78, 5) is 21.4. The number of rotatable bonds is 5. The Morgan fingerprint density at radius 3 is 2.86 bits per heavy atom. The van der Waals surface area contributed by atoms with Crippen molar-refractivity contribution in [2.45, 2.75) is 6.54 Å². The second-order valence-corrected chi connectivity index (χ2v) is 6.06. The molecule has 2 N–H and O–H groups in total. The molecule has 0 fully saturated rings. The van der Waals surface area contributed by atoms with Gasteiger partial charge in [-0.25, -0.2) is 9.50 Å². The molecular formula is C21H18N6O. The van der Waals surface area contributed by atoms with Crippen LogP contribution in [0.15, 0.2) is 91.2 Å². The van der Waals surface area contributed by atoms with Crippen molar-refractivity contribution >= 4 is 17.4 Å². The predicted molar refractivity (Wildman–Crippen MR) is 108 cm³/mol. The van der Waals surface area contributed by atoms with Gasteiger partial charge in [-0.2, -0.15) is 5.10 Å². The third kappa shape index (κ3) is 4.04. The highest BCUT2D eigenvalue weighted by atomic mass is 16.1. The molecule has 3 aromatic rings. The molecule has 1 amide bonds. The van der Waals surface area contributed by atoms with Crippen LogP contribution < -0.4 is 10.6 Å². The fourth-order valence-corrected chi connectivity index (χ4v) is 2.67. The van der Waals surface area contributed by atoms with Gasteiger partial charge < -0.3 is 10.6 Å². The van der Waals surface area contributed by atoms with Gasteiger partial charge in [0.05, 0.1) is 6.20 Å². The molecule has 4 rings (SSSR count). The Morgan fingerprint density at radius 2 is 1.96 bits per heavy atom. The number of carbonyl (C=O) groups is 1. The van der Waals surface area contributed by atoms with Crippen LogP contribution >= 0.6 is 0 Å². The largest absolute Gasteiger partial charge is 0.366 e. The standard InChI is InChI=1S/C21H18N6O/c28-21(25-17-8-4-2-1-3-5-9-17)18-15-24-27-12-10-19(26-20(18)27)23-14-16-7-6-11-22-13-16/h1-13,15H,14H2,(H,23,26)(H,25,28). The summed E-state index contributed by atoms with van der Waals surface area (Å²) in [7, 11) is 0. The van der Waals surface area contributed by atoms with E-state index in [1.807, 2.05) is 60.7 Å². The molecule has 0 radical (unpaired) electrons. The highest BCUT2D eigenvalue weighted by Gasteiger charge is 2.15. The third-order valence-electron chi connectivity index (χ3n) is 4.06. The topological polar surface area (TPSA) is 84.2 Å². The number of anilines is 1. The molecule has 1 aliphatic carbocycles. The first-order chi connectivity index (χ1) is 13.8. The maximum Gasteiger partial charge on any atom is 0.261 e. The van der Waals surface area contributed by atoms with Gasteiger partial charge in [-0.05, 0) is 29.8 Å². The molecule has 7 heteroatoms. The van der Waals surface area contributed by atoms with E-state index in [0.717, 1.165) is 5.56 Å². The fourth-order valence-electron chi connectivity index (χ4n) is 2.67. The summed E-state index contributed by atoms with van der Waals surface area (Å²) < 4.78 is 1.58. The first-order valence-electron chi connectivity index (χ1n) is 8.80. The molecule has 138 valence electrons. The maximum absolute atomic E-state index is 12.7. The van der Waals surface area contributed by atoms with Crippen LogP contribution in [0.5, 0.6) is 0 Å². The number of pyridine rings is 1. The van der Waals surface area contributed by atoms with Crippen molar-refractivity contribution < 1.29 is 4.79 Å². The number of hydrogen-bond acceptors (Lipinski definition) is 5. The smallest absolute Gasteiger partial charge is 0.261 e. The summed E-state index contributed by atoms with van der Waals surface area (Å²) in [6, 6.07) is 5.68. The van der Waals surface area contributed by atoms with Crippen molar-refractivity contribution in [1.29, 1.82) is 0 Å². The molecule has 3 aromatic heterocycles. The number of fused-ring (bicyclic) bond motifs is 1. The first kappa shape index (κ1) is 17.4. The van der Waals surface area contributed by atoms with E-state index in [9.17, 15) is 4.79 Å². The molecule has 0 saturated heterocycles. The lowest BCUT2D eigenvalue weighted by Gasteiger charge is -2.07. The predicted octanol–water partition coefficient (Wildman–Crippen LogP) is 3.03. The van der Waals surface area contributed by atoms with Crippen LogP contribution in [0.1, 0.15) is 15.9 Å². The van der Waals surface area contributed by atoms with Crippen molar-refractivity contribution in [2.75, 3.05) is 5.32 Å². The summed E-state index contributed by atoms with van der Waals surface area (Å²) in [6.45, 7) is 0.588. The number of carbonyl (C=O) groups excluding carboxylic acids is 1. The van der Waals surface area contributed by atoms with Crippen LogP contribution in [-0.2, 0) is 6.54 Å². The van der Waals surface area contributed by atoms with Crippen molar-refractivity contribution in [3.63, 3.8) is 0 Å². The highest BCUT2D eigenvalue weighted by molar-refractivity contribution is 6.00. The molecule has 0 aromatic carbocycles. The zero-order valence-corrected chi connectivity index (χ0v) is 15.0. The molecule has 7 nitrogen and oxygen atoms in total. The van der Waals surface area contributed by atoms with Crippen LogP contribution in [0.4, 0.5) is 5.82 Å². The van der Waals surface area contributed by atoms with Crippen molar-refractivity contribution in [3.05, 3.63) is 102 Å². The lowest BCUT2D eigenvalue weighted by molar-refractivity contribution is 0.0968. The van der Waals surface area contributed by atoms with Gasteiger partial charge in [0.25, 0.3) is 5.91 Å². The Bertz CT molecular complexity index is 1110. The van der Waals surface area contributed by atoms with Gasteiger partial charge in [0.1, 0.15) is 11.4 Å². The molecule has 0 unspecified atom stereocenters. The van der Waals surface area contributed by atoms with Gasteiger partial charge in [-0.3, -0.25) is 9.78 Å². The van der Waals surface area contributed by atoms with E-state index >= 15 is 0 Å². The summed E-state index contributed by atoms with van der Waals surface area (Å²) in [5.74, 6) is 0.393. The number of nitrogens with zero attached hydrogens (tertiary/aromatic N) is 4. The number of allylic oxidation sites excluding steroid dienone is 7. The highest BCUT2D eigenvalue weighted by Crippen LogP contribution is 2.13. The maximum atomic E-state index is 12.7. The van der Waals surface area contributed by atoms with Crippen LogP contribution in [0, 0.1) is 0 Å². The van der Waals surface area contributed by atoms with E-state index in [0.29, 0.717) is 29.3 Å². The molecule has 0 atom stereocenters. The SMILES string of the molecule is O=C(NC1=CC=CC=CC=C1)c1cnn2ccc(NCc3cccnc3)nc12. The van der Waals surface area contributed by atoms with Crippen LogP contribution in [0.2, 0.25) is 0 Å². The Morgan fingerprint density at radius 1 is 1.07 bits per heavy atom. The Labute approximate surface area is 161 Å². The Kier molecular flexibility index (Phi) is 5.06. The van der Waals surface area contributed by atoms with E-state index < -0.39 is 0 Å². The van der Waals surface area contributed by atoms with Crippen molar-refractivity contribution in [3.8, 4) is 0 Å². The first-order valence-corrected chi connectivity index (χ1v) is 8.80. The van der Waals surface area contributed by atoms with Gasteiger partial charge in [0.2, 0.25) is 0 Å². The summed E-state index contributed by atoms with van der Waals surface area (Å²) in [5, 5.41) is 10.3. The average Bonchev–Trinajstić information content (AvgIpc) is 3.12. The van der Waals surface area contributed by atoms with Gasteiger partial charge in [-0.1, -0.05) is 36.4 Å². The van der Waals surface area contributed by atoms with Crippen molar-refractivity contribution in [2.24, 2.45) is 0 Å². The van der Waals surface area contributed by atoms with Gasteiger partial charge in [0.15, 0.2) is 5.65 Å². The lowest BCUT2D eigenvalue weighted by Crippen LogP contribution is -2.22. The minimum absolute atomic E-state index is 0.263. The van der Waals surface area contributed by atoms with Crippen LogP contribution in [0.25, 0.3) is 5.65 Å². The quantitative estimate of drug-likeness (QED) is 0.721. The molecule has 0 saturated carbocycles. The second-order valence-electron chi connectivity index (χ2n) is 6.06. The van der Waals surface area contributed by atoms with Gasteiger partial charge in [0, 0.05) is 30.8 Å². The number of hydrogen-bond donors (Lipinski definition) is 2. The van der Waals surface area contributed by atoms with Crippen LogP contribution in [0.3, 0.4) is 0 Å². The lowest BCUT2D eigenvalue weighted by atomic mass is 10.2. The normalized spacial score (nSPS) is 13.1. The van der Waals surface area contributed by atoms with Crippen molar-refractivity contribution in [1.82, 2.24) is 24.9 Å². The van der Waals surface area contributed by atoms with E-state index in [1.54, 1.807) is 23.1 Å². The minimum atomic E-state index is -0.263. The summed E-state index contributed by atoms with van der Waals surface area (Å²) in [6.07, 6.45) is 19.9. The fraction of sp³-hybridized carbons (Fsp3) is 0.0476. The average molecular weight is 370 g/mol. The van der Waals surface area contributed by atoms with Gasteiger partial charge in [-0.15, -0.1) is 0 Å². The molecule has 3 heterocycles. The van der Waals surface area contributed by atoms with Crippen LogP contribution in [-0.4, -0.2) is 25.5 Å². The summed E-state index contributed by atoms with van der Waals surface area (Å²) in [5.41, 5.74) is 2.62. The molecular weight excluding hydrogens is 352 g/mol. The zero-order chi connectivity index (χ0) is 19.2. The number of nitrogens with one attached hydrogen (secondary N) is 2. The molecule has 0 bridgehead atoms. The Hall–Kier alpha value is -4.00. The third-order valence-corrected chi connectivity index (χ3v) is 4.06.